The van der Waals surface area contributed by atoms with Crippen LogP contribution in [-0.4, -0.2) is 58.9 Å². The van der Waals surface area contributed by atoms with Crippen LogP contribution in [0.1, 0.15) is 40.9 Å². The Hall–Kier alpha value is -3.06. The topological polar surface area (TPSA) is 72.9 Å². The number of hydroxylamine groups is 1. The van der Waals surface area contributed by atoms with E-state index < -0.39 is 5.91 Å². The summed E-state index contributed by atoms with van der Waals surface area (Å²) in [6.45, 7) is 7.19. The third kappa shape index (κ3) is 6.23. The van der Waals surface area contributed by atoms with Gasteiger partial charge in [0.2, 0.25) is 0 Å². The Balaban J connectivity index is 1.72. The van der Waals surface area contributed by atoms with Crippen LogP contribution in [0.15, 0.2) is 60.7 Å². The first-order valence-corrected chi connectivity index (χ1v) is 10.8. The summed E-state index contributed by atoms with van der Waals surface area (Å²) in [7, 11) is 2.17. The van der Waals surface area contributed by atoms with Crippen molar-refractivity contribution < 1.29 is 14.8 Å². The van der Waals surface area contributed by atoms with Crippen molar-refractivity contribution >= 4 is 23.8 Å². The predicted octanol–water partition coefficient (Wildman–Crippen LogP) is 3.63. The summed E-state index contributed by atoms with van der Waals surface area (Å²) in [5, 5.41) is 8.58. The average Bonchev–Trinajstić information content (AvgIpc) is 2.80. The summed E-state index contributed by atoms with van der Waals surface area (Å²) in [6.07, 6.45) is 6.21. The lowest BCUT2D eigenvalue weighted by Gasteiger charge is -2.42. The van der Waals surface area contributed by atoms with Crippen molar-refractivity contribution in [2.24, 2.45) is 0 Å². The minimum Gasteiger partial charge on any atom is -0.298 e. The van der Waals surface area contributed by atoms with E-state index in [1.54, 1.807) is 23.7 Å². The van der Waals surface area contributed by atoms with E-state index in [1.165, 1.54) is 6.08 Å². The molecule has 1 fully saturated rings. The highest BCUT2D eigenvalue weighted by atomic mass is 16.5. The van der Waals surface area contributed by atoms with Gasteiger partial charge in [-0.3, -0.25) is 24.6 Å². The van der Waals surface area contributed by atoms with Crippen LogP contribution < -0.4 is 5.48 Å². The van der Waals surface area contributed by atoms with E-state index in [0.717, 1.165) is 41.9 Å². The molecule has 0 spiro atoms. The van der Waals surface area contributed by atoms with E-state index >= 15 is 0 Å². The molecule has 0 radical (unpaired) electrons. The number of allylic oxidation sites excluding steroid dienone is 1. The Bertz CT molecular complexity index is 1000. The van der Waals surface area contributed by atoms with Gasteiger partial charge in [-0.1, -0.05) is 48.5 Å². The van der Waals surface area contributed by atoms with E-state index in [0.29, 0.717) is 12.1 Å². The summed E-state index contributed by atoms with van der Waals surface area (Å²) in [5.74, 6) is -0.627. The molecule has 1 aliphatic heterocycles. The molecule has 0 aliphatic carbocycles. The molecule has 6 nitrogen and oxygen atoms in total. The second-order valence-corrected chi connectivity index (χ2v) is 8.39. The number of carbonyl (C=O) groups is 2. The molecule has 1 saturated heterocycles. The molecule has 1 amide bonds. The minimum atomic E-state index is -0.595. The summed E-state index contributed by atoms with van der Waals surface area (Å²) in [6, 6.07) is 16.2. The third-order valence-corrected chi connectivity index (χ3v) is 5.99. The van der Waals surface area contributed by atoms with E-state index in [1.807, 2.05) is 48.5 Å². The number of amides is 1. The average molecular weight is 434 g/mol. The molecule has 168 valence electrons. The van der Waals surface area contributed by atoms with Gasteiger partial charge in [-0.15, -0.1) is 0 Å². The molecule has 0 aromatic heterocycles. The first-order valence-electron chi connectivity index (χ1n) is 10.8. The molecular weight excluding hydrogens is 402 g/mol. The maximum atomic E-state index is 13.0. The number of benzene rings is 2. The molecule has 6 heteroatoms. The Morgan fingerprint density at radius 2 is 1.62 bits per heavy atom. The van der Waals surface area contributed by atoms with Crippen LogP contribution in [0.4, 0.5) is 0 Å². The highest BCUT2D eigenvalue weighted by Crippen LogP contribution is 2.19. The van der Waals surface area contributed by atoms with Crippen LogP contribution in [0.5, 0.6) is 0 Å². The molecule has 1 aliphatic rings. The van der Waals surface area contributed by atoms with Crippen molar-refractivity contribution in [1.82, 2.24) is 15.3 Å². The summed E-state index contributed by atoms with van der Waals surface area (Å²) >= 11 is 0. The maximum Gasteiger partial charge on any atom is 0.267 e. The number of nitrogens with one attached hydrogen (secondary N) is 1. The van der Waals surface area contributed by atoms with Crippen molar-refractivity contribution in [2.75, 3.05) is 20.1 Å². The first-order chi connectivity index (χ1) is 15.4. The predicted molar refractivity (Wildman–Crippen MR) is 127 cm³/mol. The highest BCUT2D eigenvalue weighted by molar-refractivity contribution is 6.07. The Labute approximate surface area is 189 Å². The second-order valence-electron chi connectivity index (χ2n) is 8.39. The lowest BCUT2D eigenvalue weighted by atomic mass is 10.0. The lowest BCUT2D eigenvalue weighted by molar-refractivity contribution is -0.124. The zero-order valence-electron chi connectivity index (χ0n) is 18.9. The number of hydrogen-bond acceptors (Lipinski definition) is 5. The van der Waals surface area contributed by atoms with Crippen LogP contribution >= 0.6 is 0 Å². The van der Waals surface area contributed by atoms with Gasteiger partial charge in [0.05, 0.1) is 0 Å². The van der Waals surface area contributed by atoms with Gasteiger partial charge < -0.3 is 0 Å². The fourth-order valence-electron chi connectivity index (χ4n) is 4.02. The van der Waals surface area contributed by atoms with Gasteiger partial charge in [-0.2, -0.15) is 0 Å². The van der Waals surface area contributed by atoms with Gasteiger partial charge in [-0.25, -0.2) is 5.48 Å². The highest BCUT2D eigenvalue weighted by Gasteiger charge is 2.26. The molecule has 2 aromatic rings. The molecule has 0 saturated carbocycles. The molecule has 3 rings (SSSR count). The molecule has 2 N–H and O–H groups in total. The fraction of sp³-hybridized carbons (Fsp3) is 0.308. The number of likely N-dealkylation sites (N-methyl/N-ethyl adjacent to an activating group) is 1. The largest absolute Gasteiger partial charge is 0.298 e. The number of ketones is 1. The molecule has 0 bridgehead atoms. The minimum absolute atomic E-state index is 0.0311. The van der Waals surface area contributed by atoms with Gasteiger partial charge in [0, 0.05) is 43.4 Å². The Kier molecular flexibility index (Phi) is 8.11. The normalized spacial score (nSPS) is 20.1. The van der Waals surface area contributed by atoms with Crippen molar-refractivity contribution in [3.8, 4) is 0 Å². The van der Waals surface area contributed by atoms with E-state index in [-0.39, 0.29) is 5.78 Å². The van der Waals surface area contributed by atoms with Crippen LogP contribution in [-0.2, 0) is 11.3 Å². The Morgan fingerprint density at radius 3 is 2.28 bits per heavy atom. The number of carbonyl (C=O) groups excluding carboxylic acids is 2. The quantitative estimate of drug-likeness (QED) is 0.302. The smallest absolute Gasteiger partial charge is 0.267 e. The first kappa shape index (κ1) is 23.6. The molecule has 0 unspecified atom stereocenters. The van der Waals surface area contributed by atoms with E-state index in [9.17, 15) is 9.59 Å². The molecule has 32 heavy (non-hydrogen) atoms. The van der Waals surface area contributed by atoms with E-state index in [2.05, 4.69) is 30.7 Å². The van der Waals surface area contributed by atoms with Crippen LogP contribution in [0.2, 0.25) is 0 Å². The third-order valence-electron chi connectivity index (χ3n) is 5.99. The monoisotopic (exact) mass is 433 g/mol. The second kappa shape index (κ2) is 11.0. The van der Waals surface area contributed by atoms with Crippen LogP contribution in [0.3, 0.4) is 0 Å². The number of hydrogen-bond donors (Lipinski definition) is 2. The van der Waals surface area contributed by atoms with Crippen LogP contribution in [0.25, 0.3) is 12.2 Å². The summed E-state index contributed by atoms with van der Waals surface area (Å²) < 4.78 is 0. The molecule has 2 aromatic carbocycles. The van der Waals surface area contributed by atoms with Crippen molar-refractivity contribution in [3.63, 3.8) is 0 Å². The van der Waals surface area contributed by atoms with Gasteiger partial charge in [0.1, 0.15) is 0 Å². The maximum absolute atomic E-state index is 13.0. The Morgan fingerprint density at radius 1 is 1.00 bits per heavy atom. The molecule has 1 heterocycles. The zero-order chi connectivity index (χ0) is 23.1. The SMILES string of the molecule is C[C@@H]1CN(Cc2ccccc2C(=O)C=Cc2cccc(C=CC(=O)NO)c2)C[C@H](C)N1C. The van der Waals surface area contributed by atoms with Gasteiger partial charge >= 0.3 is 0 Å². The van der Waals surface area contributed by atoms with Crippen LogP contribution in [0, 0.1) is 0 Å². The number of rotatable bonds is 7. The summed E-state index contributed by atoms with van der Waals surface area (Å²) in [5.41, 5.74) is 4.96. The number of piperazine rings is 1. The van der Waals surface area contributed by atoms with Gasteiger partial charge in [-0.05, 0) is 55.8 Å². The van der Waals surface area contributed by atoms with Crippen molar-refractivity contribution in [3.05, 3.63) is 82.9 Å². The van der Waals surface area contributed by atoms with Crippen molar-refractivity contribution in [1.29, 1.82) is 0 Å². The summed E-state index contributed by atoms with van der Waals surface area (Å²) in [4.78, 5) is 29.0. The van der Waals surface area contributed by atoms with Gasteiger partial charge in [0.25, 0.3) is 5.91 Å². The fourth-order valence-corrected chi connectivity index (χ4v) is 4.02. The standard InChI is InChI=1S/C26H31N3O3/c1-19-16-29(17-20(2)28(19)3)18-23-9-4-5-10-24(23)25(30)13-11-21-7-6-8-22(15-21)12-14-26(31)27-32/h4-15,19-20,32H,16-18H2,1-3H3,(H,27,31)/t19-,20+. The van der Waals surface area contributed by atoms with Gasteiger partial charge in [0.15, 0.2) is 5.78 Å². The lowest BCUT2D eigenvalue weighted by Crippen LogP contribution is -2.54. The van der Waals surface area contributed by atoms with Crippen molar-refractivity contribution in [2.45, 2.75) is 32.5 Å². The molecular formula is C26H31N3O3. The number of nitrogens with zero attached hydrogens (tertiary/aromatic N) is 2. The van der Waals surface area contributed by atoms with E-state index in [4.69, 9.17) is 5.21 Å². The molecule has 2 atom stereocenters. The zero-order valence-corrected chi connectivity index (χ0v) is 18.9.